The first-order chi connectivity index (χ1) is 4.88. The molecule has 0 saturated heterocycles. The third kappa shape index (κ3) is 1.16. The second-order valence-electron chi connectivity index (χ2n) is 1.91. The van der Waals surface area contributed by atoms with Gasteiger partial charge >= 0.3 is 0 Å². The van der Waals surface area contributed by atoms with Gasteiger partial charge in [0.15, 0.2) is 0 Å². The number of fused-ring (bicyclic) bond motifs is 1. The first-order valence-electron chi connectivity index (χ1n) is 2.95. The standard InChI is InChI=1S/C6H4.C2H4O2/c1-2-6-4-3-5(1)6;1-4-2-3/h1-4H;2H,1H3. The zero-order valence-electron chi connectivity index (χ0n) is 5.70. The molecule has 0 aromatic rings. The van der Waals surface area contributed by atoms with Crippen LogP contribution in [0.25, 0.3) is 11.1 Å². The summed E-state index contributed by atoms with van der Waals surface area (Å²) in [6.45, 7) is 0.375. The molecule has 0 spiro atoms. The Balaban J connectivity index is 0.000000112. The van der Waals surface area contributed by atoms with Gasteiger partial charge in [-0.1, -0.05) is 24.3 Å². The minimum Gasteiger partial charge on any atom is -0.471 e. The molecule has 0 amide bonds. The van der Waals surface area contributed by atoms with Crippen molar-refractivity contribution in [2.24, 2.45) is 0 Å². The second kappa shape index (κ2) is 3.01. The molecule has 2 aliphatic carbocycles. The largest absolute Gasteiger partial charge is 0.471 e. The van der Waals surface area contributed by atoms with Crippen LogP contribution in [0.15, 0.2) is 24.3 Å². The molecule has 52 valence electrons. The molecule has 0 aromatic carbocycles. The number of hydrogen-bond acceptors (Lipinski definition) is 2. The minimum absolute atomic E-state index is 0.375. The maximum Gasteiger partial charge on any atom is 0.292 e. The lowest BCUT2D eigenvalue weighted by atomic mass is 9.95. The van der Waals surface area contributed by atoms with Crippen molar-refractivity contribution in [3.8, 4) is 11.1 Å². The molecule has 0 N–H and O–H groups in total. The second-order valence-corrected chi connectivity index (χ2v) is 1.91. The zero-order valence-corrected chi connectivity index (χ0v) is 5.70. The molecule has 10 heavy (non-hydrogen) atoms. The van der Waals surface area contributed by atoms with E-state index >= 15 is 0 Å². The quantitative estimate of drug-likeness (QED) is 0.555. The van der Waals surface area contributed by atoms with Gasteiger partial charge in [0.05, 0.1) is 7.11 Å². The van der Waals surface area contributed by atoms with Gasteiger partial charge < -0.3 is 4.74 Å². The van der Waals surface area contributed by atoms with Gasteiger partial charge in [0.1, 0.15) is 0 Å². The first-order valence-corrected chi connectivity index (χ1v) is 2.95. The van der Waals surface area contributed by atoms with Crippen LogP contribution in [0.1, 0.15) is 0 Å². The lowest BCUT2D eigenvalue weighted by Gasteiger charge is -2.10. The molecule has 0 saturated carbocycles. The van der Waals surface area contributed by atoms with E-state index in [9.17, 15) is 0 Å². The van der Waals surface area contributed by atoms with Gasteiger partial charge in [0.25, 0.3) is 6.47 Å². The molecule has 0 aliphatic heterocycles. The molecular formula is C8H8O2. The number of ether oxygens (including phenoxy) is 1. The SMILES string of the molecule is COC=O.c1cc2ccc1-2. The number of carbonyl (C=O) groups excluding carboxylic acids is 1. The molecule has 0 atom stereocenters. The lowest BCUT2D eigenvalue weighted by Crippen LogP contribution is -1.85. The summed E-state index contributed by atoms with van der Waals surface area (Å²) in [7, 11) is 1.31. The Morgan fingerprint density at radius 2 is 1.50 bits per heavy atom. The van der Waals surface area contributed by atoms with Crippen LogP contribution in [0, 0.1) is 0 Å². The Hall–Kier alpha value is -1.31. The summed E-state index contributed by atoms with van der Waals surface area (Å²) in [5.74, 6) is 0. The average molecular weight is 136 g/mol. The highest BCUT2D eigenvalue weighted by atomic mass is 16.5. The molecule has 2 rings (SSSR count). The van der Waals surface area contributed by atoms with Gasteiger partial charge in [0, 0.05) is 0 Å². The van der Waals surface area contributed by atoms with Gasteiger partial charge in [-0.25, -0.2) is 0 Å². The summed E-state index contributed by atoms with van der Waals surface area (Å²) in [4.78, 5) is 8.95. The Bertz CT molecular complexity index is 192. The van der Waals surface area contributed by atoms with Crippen molar-refractivity contribution >= 4 is 6.47 Å². The van der Waals surface area contributed by atoms with Crippen LogP contribution in [0.2, 0.25) is 0 Å². The van der Waals surface area contributed by atoms with Crippen molar-refractivity contribution < 1.29 is 9.53 Å². The molecule has 0 heterocycles. The smallest absolute Gasteiger partial charge is 0.292 e. The van der Waals surface area contributed by atoms with Crippen LogP contribution in [0.5, 0.6) is 0 Å². The number of rotatable bonds is 1. The predicted molar refractivity (Wildman–Crippen MR) is 38.5 cm³/mol. The van der Waals surface area contributed by atoms with E-state index in [1.165, 1.54) is 18.2 Å². The van der Waals surface area contributed by atoms with Crippen molar-refractivity contribution in [3.05, 3.63) is 24.3 Å². The average Bonchev–Trinajstić information content (AvgIpc) is 1.97. The maximum absolute atomic E-state index is 8.95. The molecule has 0 bridgehead atoms. The number of methoxy groups -OCH3 is 1. The molecule has 0 aromatic heterocycles. The van der Waals surface area contributed by atoms with Crippen LogP contribution < -0.4 is 0 Å². The van der Waals surface area contributed by atoms with Gasteiger partial charge in [0.2, 0.25) is 0 Å². The van der Waals surface area contributed by atoms with Crippen molar-refractivity contribution in [2.45, 2.75) is 0 Å². The molecule has 0 unspecified atom stereocenters. The lowest BCUT2D eigenvalue weighted by molar-refractivity contribution is -0.126. The molecule has 2 aliphatic rings. The van der Waals surface area contributed by atoms with E-state index in [2.05, 4.69) is 29.0 Å². The highest BCUT2D eigenvalue weighted by Gasteiger charge is 2.03. The molecular weight excluding hydrogens is 128 g/mol. The summed E-state index contributed by atoms with van der Waals surface area (Å²) < 4.78 is 3.86. The van der Waals surface area contributed by atoms with Crippen LogP contribution >= 0.6 is 0 Å². The Labute approximate surface area is 59.4 Å². The molecule has 2 heteroatoms. The molecule has 0 fully saturated rings. The van der Waals surface area contributed by atoms with Gasteiger partial charge in [-0.3, -0.25) is 4.79 Å². The van der Waals surface area contributed by atoms with E-state index in [1.807, 2.05) is 0 Å². The highest BCUT2D eigenvalue weighted by Crippen LogP contribution is 2.29. The number of carbonyl (C=O) groups is 1. The summed E-state index contributed by atoms with van der Waals surface area (Å²) in [5.41, 5.74) is 2.85. The van der Waals surface area contributed by atoms with Gasteiger partial charge in [-0.2, -0.15) is 0 Å². The summed E-state index contributed by atoms with van der Waals surface area (Å²) in [5, 5.41) is 0. The zero-order chi connectivity index (χ0) is 7.40. The minimum atomic E-state index is 0.375. The number of benzene rings is 1. The third-order valence-corrected chi connectivity index (χ3v) is 1.31. The highest BCUT2D eigenvalue weighted by molar-refractivity contribution is 5.75. The summed E-state index contributed by atoms with van der Waals surface area (Å²) in [6, 6.07) is 8.48. The Morgan fingerprint density at radius 1 is 1.20 bits per heavy atom. The van der Waals surface area contributed by atoms with Crippen molar-refractivity contribution in [1.29, 1.82) is 0 Å². The molecule has 2 nitrogen and oxygen atoms in total. The van der Waals surface area contributed by atoms with Crippen molar-refractivity contribution in [3.63, 3.8) is 0 Å². The van der Waals surface area contributed by atoms with Crippen LogP contribution in [-0.4, -0.2) is 13.6 Å². The van der Waals surface area contributed by atoms with Crippen molar-refractivity contribution in [2.75, 3.05) is 7.11 Å². The van der Waals surface area contributed by atoms with E-state index in [0.717, 1.165) is 0 Å². The summed E-state index contributed by atoms with van der Waals surface area (Å²) >= 11 is 0. The summed E-state index contributed by atoms with van der Waals surface area (Å²) in [6.07, 6.45) is 0. The number of hydrogen-bond donors (Lipinski definition) is 0. The predicted octanol–water partition coefficient (Wildman–Crippen LogP) is 1.46. The van der Waals surface area contributed by atoms with Crippen LogP contribution in [0.3, 0.4) is 0 Å². The fourth-order valence-corrected chi connectivity index (χ4v) is 0.663. The fraction of sp³-hybridized carbons (Fsp3) is 0.125. The fourth-order valence-electron chi connectivity index (χ4n) is 0.663. The molecule has 0 radical (unpaired) electrons. The van der Waals surface area contributed by atoms with Crippen LogP contribution in [-0.2, 0) is 9.53 Å². The van der Waals surface area contributed by atoms with Crippen LogP contribution in [0.4, 0.5) is 0 Å². The van der Waals surface area contributed by atoms with Gasteiger partial charge in [-0.15, -0.1) is 0 Å². The normalized spacial score (nSPS) is 8.90. The monoisotopic (exact) mass is 136 g/mol. The third-order valence-electron chi connectivity index (χ3n) is 1.31. The van der Waals surface area contributed by atoms with Crippen molar-refractivity contribution in [1.82, 2.24) is 0 Å². The maximum atomic E-state index is 8.95. The van der Waals surface area contributed by atoms with E-state index in [-0.39, 0.29) is 0 Å². The van der Waals surface area contributed by atoms with E-state index in [0.29, 0.717) is 6.47 Å². The van der Waals surface area contributed by atoms with E-state index in [1.54, 1.807) is 0 Å². The Morgan fingerprint density at radius 3 is 1.50 bits per heavy atom. The van der Waals surface area contributed by atoms with E-state index in [4.69, 9.17) is 4.79 Å². The van der Waals surface area contributed by atoms with E-state index < -0.39 is 0 Å². The first kappa shape index (κ1) is 6.81. The Kier molecular flexibility index (Phi) is 2.05. The topological polar surface area (TPSA) is 26.3 Å². The van der Waals surface area contributed by atoms with Gasteiger partial charge in [-0.05, 0) is 11.1 Å².